The molecule has 1 aromatic carbocycles. The van der Waals surface area contributed by atoms with Crippen LogP contribution in [0, 0.1) is 0 Å². The van der Waals surface area contributed by atoms with E-state index in [1.165, 1.54) is 45.5 Å². The monoisotopic (exact) mass is 338 g/mol. The van der Waals surface area contributed by atoms with E-state index in [4.69, 9.17) is 18.9 Å². The summed E-state index contributed by atoms with van der Waals surface area (Å²) in [4.78, 5) is 14.0. The van der Waals surface area contributed by atoms with Crippen LogP contribution < -0.4 is 19.1 Å². The van der Waals surface area contributed by atoms with Gasteiger partial charge in [0.05, 0.1) is 40.0 Å². The van der Waals surface area contributed by atoms with Crippen LogP contribution in [0.15, 0.2) is 12.1 Å². The Bertz CT molecular complexity index is 529. The predicted molar refractivity (Wildman–Crippen MR) is 90.4 cm³/mol. The normalized spacial score (nSPS) is 16.3. The van der Waals surface area contributed by atoms with Gasteiger partial charge < -0.3 is 23.8 Å². The molecule has 0 radical (unpaired) electrons. The highest BCUT2D eigenvalue weighted by Crippen LogP contribution is 2.38. The topological polar surface area (TPSA) is 58.4 Å². The number of nitrogens with one attached hydrogen (secondary N) is 1. The molecular formula is C18H28NO5+. The molecular weight excluding hydrogens is 310 g/mol. The smallest absolute Gasteiger partial charge is 0.338 e. The van der Waals surface area contributed by atoms with Crippen LogP contribution in [0.1, 0.15) is 36.5 Å². The average molecular weight is 338 g/mol. The van der Waals surface area contributed by atoms with Crippen molar-refractivity contribution in [3.8, 4) is 17.2 Å². The molecule has 1 aliphatic rings. The summed E-state index contributed by atoms with van der Waals surface area (Å²) in [5, 5.41) is 0. The van der Waals surface area contributed by atoms with Crippen LogP contribution in [0.5, 0.6) is 17.2 Å². The number of benzene rings is 1. The second-order valence-electron chi connectivity index (χ2n) is 6.14. The molecule has 0 aromatic heterocycles. The Kier molecular flexibility index (Phi) is 6.73. The van der Waals surface area contributed by atoms with E-state index in [0.717, 1.165) is 19.6 Å². The molecule has 0 amide bonds. The molecule has 0 saturated carbocycles. The Morgan fingerprint density at radius 1 is 1.04 bits per heavy atom. The van der Waals surface area contributed by atoms with Crippen LogP contribution >= 0.6 is 0 Å². The molecule has 1 aliphatic heterocycles. The highest BCUT2D eigenvalue weighted by atomic mass is 16.5. The molecule has 1 atom stereocenters. The summed E-state index contributed by atoms with van der Waals surface area (Å²) < 4.78 is 21.4. The SMILES string of the molecule is COc1cc(C(=O)OC(C)C[NH+]2CCCCC2)cc(OC)c1OC. The van der Waals surface area contributed by atoms with Gasteiger partial charge in [0, 0.05) is 0 Å². The van der Waals surface area contributed by atoms with Gasteiger partial charge in [0.15, 0.2) is 11.5 Å². The highest BCUT2D eigenvalue weighted by molar-refractivity contribution is 5.91. The number of hydrogen-bond donors (Lipinski definition) is 1. The van der Waals surface area contributed by atoms with Crippen molar-refractivity contribution in [3.05, 3.63) is 17.7 Å². The number of rotatable bonds is 7. The average Bonchev–Trinajstić information content (AvgIpc) is 2.60. The van der Waals surface area contributed by atoms with E-state index in [9.17, 15) is 4.79 Å². The maximum atomic E-state index is 12.4. The molecule has 1 heterocycles. The van der Waals surface area contributed by atoms with Crippen molar-refractivity contribution in [2.45, 2.75) is 32.3 Å². The number of likely N-dealkylation sites (tertiary alicyclic amines) is 1. The van der Waals surface area contributed by atoms with Gasteiger partial charge in [-0.15, -0.1) is 0 Å². The summed E-state index contributed by atoms with van der Waals surface area (Å²) >= 11 is 0. The zero-order valence-corrected chi connectivity index (χ0v) is 15.0. The van der Waals surface area contributed by atoms with E-state index in [-0.39, 0.29) is 12.1 Å². The maximum Gasteiger partial charge on any atom is 0.338 e. The minimum Gasteiger partial charge on any atom is -0.493 e. The Labute approximate surface area is 143 Å². The molecule has 1 unspecified atom stereocenters. The van der Waals surface area contributed by atoms with Crippen molar-refractivity contribution >= 4 is 5.97 Å². The minimum absolute atomic E-state index is 0.135. The first kappa shape index (κ1) is 18.4. The lowest BCUT2D eigenvalue weighted by atomic mass is 10.1. The summed E-state index contributed by atoms with van der Waals surface area (Å²) in [7, 11) is 4.57. The molecule has 0 aliphatic carbocycles. The van der Waals surface area contributed by atoms with Crippen molar-refractivity contribution in [1.82, 2.24) is 0 Å². The molecule has 24 heavy (non-hydrogen) atoms. The van der Waals surface area contributed by atoms with Crippen LogP contribution in [0.2, 0.25) is 0 Å². The Balaban J connectivity index is 2.05. The van der Waals surface area contributed by atoms with Gasteiger partial charge in [0.25, 0.3) is 0 Å². The molecule has 2 rings (SSSR count). The van der Waals surface area contributed by atoms with E-state index < -0.39 is 0 Å². The zero-order chi connectivity index (χ0) is 17.5. The van der Waals surface area contributed by atoms with Gasteiger partial charge >= 0.3 is 5.97 Å². The Hall–Kier alpha value is -1.95. The number of hydrogen-bond acceptors (Lipinski definition) is 5. The Morgan fingerprint density at radius 2 is 1.62 bits per heavy atom. The standard InChI is InChI=1S/C18H27NO5/c1-13(12-19-8-6-5-7-9-19)24-18(20)14-10-15(21-2)17(23-4)16(11-14)22-3/h10-11,13H,5-9,12H2,1-4H3/p+1. The molecule has 1 aromatic rings. The van der Waals surface area contributed by atoms with Crippen LogP contribution in [-0.4, -0.2) is 53.0 Å². The van der Waals surface area contributed by atoms with E-state index in [2.05, 4.69) is 0 Å². The predicted octanol–water partition coefficient (Wildman–Crippen LogP) is 1.33. The van der Waals surface area contributed by atoms with Gasteiger partial charge in [-0.05, 0) is 38.3 Å². The van der Waals surface area contributed by atoms with Gasteiger partial charge in [0.2, 0.25) is 5.75 Å². The third kappa shape index (κ3) is 4.54. The fourth-order valence-corrected chi connectivity index (χ4v) is 3.15. The number of ether oxygens (including phenoxy) is 4. The molecule has 134 valence electrons. The second-order valence-corrected chi connectivity index (χ2v) is 6.14. The van der Waals surface area contributed by atoms with Crippen molar-refractivity contribution in [2.24, 2.45) is 0 Å². The van der Waals surface area contributed by atoms with E-state index in [1.54, 1.807) is 12.1 Å². The number of carbonyl (C=O) groups excluding carboxylic acids is 1. The maximum absolute atomic E-state index is 12.4. The van der Waals surface area contributed by atoms with Crippen molar-refractivity contribution in [1.29, 1.82) is 0 Å². The number of piperidine rings is 1. The van der Waals surface area contributed by atoms with E-state index in [1.807, 2.05) is 6.92 Å². The third-order valence-electron chi connectivity index (χ3n) is 4.35. The summed E-state index contributed by atoms with van der Waals surface area (Å²) in [5.74, 6) is 0.969. The molecule has 6 nitrogen and oxygen atoms in total. The van der Waals surface area contributed by atoms with Crippen LogP contribution in [0.3, 0.4) is 0 Å². The second kappa shape index (κ2) is 8.78. The fraction of sp³-hybridized carbons (Fsp3) is 0.611. The van der Waals surface area contributed by atoms with Crippen molar-refractivity contribution in [2.75, 3.05) is 41.0 Å². The minimum atomic E-state index is -0.377. The number of quaternary nitrogens is 1. The first-order chi connectivity index (χ1) is 11.6. The zero-order valence-electron chi connectivity index (χ0n) is 15.0. The lowest BCUT2D eigenvalue weighted by Gasteiger charge is -2.26. The Morgan fingerprint density at radius 3 is 2.12 bits per heavy atom. The van der Waals surface area contributed by atoms with Gasteiger partial charge in [-0.3, -0.25) is 0 Å². The number of esters is 1. The fourth-order valence-electron chi connectivity index (χ4n) is 3.15. The molecule has 0 bridgehead atoms. The van der Waals surface area contributed by atoms with Crippen LogP contribution in [0.25, 0.3) is 0 Å². The third-order valence-corrected chi connectivity index (χ3v) is 4.35. The summed E-state index contributed by atoms with van der Waals surface area (Å²) in [6, 6.07) is 3.23. The van der Waals surface area contributed by atoms with Gasteiger partial charge in [0.1, 0.15) is 12.6 Å². The van der Waals surface area contributed by atoms with Gasteiger partial charge in [-0.2, -0.15) is 0 Å². The lowest BCUT2D eigenvalue weighted by molar-refractivity contribution is -0.907. The summed E-state index contributed by atoms with van der Waals surface area (Å²) in [6.45, 7) is 5.10. The van der Waals surface area contributed by atoms with Crippen LogP contribution in [0.4, 0.5) is 0 Å². The van der Waals surface area contributed by atoms with Crippen LogP contribution in [-0.2, 0) is 4.74 Å². The largest absolute Gasteiger partial charge is 0.493 e. The van der Waals surface area contributed by atoms with E-state index in [0.29, 0.717) is 22.8 Å². The molecule has 1 N–H and O–H groups in total. The molecule has 6 heteroatoms. The molecule has 1 fully saturated rings. The van der Waals surface area contributed by atoms with Gasteiger partial charge in [-0.25, -0.2) is 4.79 Å². The molecule has 0 spiro atoms. The van der Waals surface area contributed by atoms with E-state index >= 15 is 0 Å². The van der Waals surface area contributed by atoms with Crippen molar-refractivity contribution in [3.63, 3.8) is 0 Å². The number of carbonyl (C=O) groups is 1. The summed E-state index contributed by atoms with van der Waals surface area (Å²) in [5.41, 5.74) is 0.394. The molecule has 1 saturated heterocycles. The quantitative estimate of drug-likeness (QED) is 0.760. The highest BCUT2D eigenvalue weighted by Gasteiger charge is 2.22. The van der Waals surface area contributed by atoms with Crippen molar-refractivity contribution < 1.29 is 28.6 Å². The first-order valence-electron chi connectivity index (χ1n) is 8.43. The lowest BCUT2D eigenvalue weighted by Crippen LogP contribution is -3.13. The number of methoxy groups -OCH3 is 3. The first-order valence-corrected chi connectivity index (χ1v) is 8.43. The van der Waals surface area contributed by atoms with Gasteiger partial charge in [-0.1, -0.05) is 0 Å². The summed E-state index contributed by atoms with van der Waals surface area (Å²) in [6.07, 6.45) is 3.68.